The molecule has 0 aliphatic rings. The number of aryl methyl sites for hydroxylation is 2. The molecule has 0 bridgehead atoms. The Hall–Kier alpha value is -1.32. The minimum atomic E-state index is -0.627. The number of rotatable bonds is 3. The van der Waals surface area contributed by atoms with Crippen LogP contribution in [0.1, 0.15) is 22.9 Å². The Morgan fingerprint density at radius 2 is 2.00 bits per heavy atom. The molecule has 2 rings (SSSR count). The molecule has 0 saturated heterocycles. The van der Waals surface area contributed by atoms with Gasteiger partial charge in [0, 0.05) is 13.5 Å². The Morgan fingerprint density at radius 1 is 1.35 bits per heavy atom. The van der Waals surface area contributed by atoms with E-state index in [1.54, 1.807) is 17.9 Å². The van der Waals surface area contributed by atoms with E-state index < -0.39 is 6.10 Å². The molecule has 1 atom stereocenters. The zero-order valence-electron chi connectivity index (χ0n) is 9.89. The summed E-state index contributed by atoms with van der Waals surface area (Å²) in [6.45, 7) is 2.04. The van der Waals surface area contributed by atoms with Crippen LogP contribution in [-0.2, 0) is 13.5 Å². The predicted molar refractivity (Wildman–Crippen MR) is 68.1 cm³/mol. The third kappa shape index (κ3) is 2.68. The Morgan fingerprint density at radius 3 is 2.53 bits per heavy atom. The molecule has 3 nitrogen and oxygen atoms in total. The number of aliphatic hydroxyl groups is 1. The van der Waals surface area contributed by atoms with Gasteiger partial charge in [-0.05, 0) is 12.5 Å². The lowest BCUT2D eigenvalue weighted by molar-refractivity contribution is 0.168. The molecule has 1 heterocycles. The van der Waals surface area contributed by atoms with Crippen LogP contribution in [0.25, 0.3) is 0 Å². The lowest BCUT2D eigenvalue weighted by Gasteiger charge is -2.12. The first kappa shape index (κ1) is 12.1. The van der Waals surface area contributed by atoms with Crippen LogP contribution >= 0.6 is 11.6 Å². The number of aromatic nitrogens is 2. The van der Waals surface area contributed by atoms with Gasteiger partial charge in [0.2, 0.25) is 0 Å². The smallest absolute Gasteiger partial charge is 0.101 e. The van der Waals surface area contributed by atoms with E-state index in [1.165, 1.54) is 5.56 Å². The highest BCUT2D eigenvalue weighted by molar-refractivity contribution is 6.31. The van der Waals surface area contributed by atoms with E-state index in [1.807, 2.05) is 31.2 Å². The average molecular weight is 251 g/mol. The first-order chi connectivity index (χ1) is 8.08. The number of benzene rings is 1. The summed E-state index contributed by atoms with van der Waals surface area (Å²) in [6, 6.07) is 8.10. The standard InChI is InChI=1S/C13H15ClN2O/c1-9-3-5-10(6-4-9)7-12(17)13-11(14)8-15-16(13)2/h3-6,8,12,17H,7H2,1-2H3. The van der Waals surface area contributed by atoms with Gasteiger partial charge in [0.25, 0.3) is 0 Å². The third-order valence-corrected chi connectivity index (χ3v) is 3.09. The Balaban J connectivity index is 2.17. The average Bonchev–Trinajstić information content (AvgIpc) is 2.62. The molecular weight excluding hydrogens is 236 g/mol. The monoisotopic (exact) mass is 250 g/mol. The molecule has 17 heavy (non-hydrogen) atoms. The molecule has 1 aromatic carbocycles. The normalized spacial score (nSPS) is 12.7. The highest BCUT2D eigenvalue weighted by Gasteiger charge is 2.16. The minimum Gasteiger partial charge on any atom is -0.386 e. The van der Waals surface area contributed by atoms with Gasteiger partial charge in [-0.25, -0.2) is 0 Å². The number of halogens is 1. The topological polar surface area (TPSA) is 38.1 Å². The molecule has 0 fully saturated rings. The zero-order chi connectivity index (χ0) is 12.4. The van der Waals surface area contributed by atoms with Crippen molar-refractivity contribution in [2.75, 3.05) is 0 Å². The minimum absolute atomic E-state index is 0.507. The van der Waals surface area contributed by atoms with E-state index in [4.69, 9.17) is 11.6 Å². The lowest BCUT2D eigenvalue weighted by Crippen LogP contribution is -2.08. The van der Waals surface area contributed by atoms with Gasteiger partial charge in [-0.15, -0.1) is 0 Å². The highest BCUT2D eigenvalue weighted by Crippen LogP contribution is 2.24. The maximum atomic E-state index is 10.1. The van der Waals surface area contributed by atoms with Crippen molar-refractivity contribution in [2.45, 2.75) is 19.4 Å². The van der Waals surface area contributed by atoms with Crippen LogP contribution in [0.2, 0.25) is 5.02 Å². The summed E-state index contributed by atoms with van der Waals surface area (Å²) in [6.07, 6.45) is 1.46. The van der Waals surface area contributed by atoms with Crippen LogP contribution in [0, 0.1) is 6.92 Å². The van der Waals surface area contributed by atoms with Crippen LogP contribution in [0.3, 0.4) is 0 Å². The molecule has 1 N–H and O–H groups in total. The fourth-order valence-corrected chi connectivity index (χ4v) is 2.13. The summed E-state index contributed by atoms with van der Waals surface area (Å²) in [4.78, 5) is 0. The Bertz CT molecular complexity index is 485. The largest absolute Gasteiger partial charge is 0.386 e. The fourth-order valence-electron chi connectivity index (χ4n) is 1.84. The van der Waals surface area contributed by atoms with Crippen LogP contribution in [0.15, 0.2) is 30.5 Å². The van der Waals surface area contributed by atoms with E-state index in [-0.39, 0.29) is 0 Å². The van der Waals surface area contributed by atoms with E-state index in [0.29, 0.717) is 17.1 Å². The van der Waals surface area contributed by atoms with Crippen molar-refractivity contribution in [1.29, 1.82) is 0 Å². The summed E-state index contributed by atoms with van der Waals surface area (Å²) in [5.41, 5.74) is 2.95. The summed E-state index contributed by atoms with van der Waals surface area (Å²) in [5.74, 6) is 0. The van der Waals surface area contributed by atoms with Gasteiger partial charge in [-0.3, -0.25) is 4.68 Å². The second-order valence-electron chi connectivity index (χ2n) is 4.21. The van der Waals surface area contributed by atoms with Crippen LogP contribution in [0.4, 0.5) is 0 Å². The molecule has 1 unspecified atom stereocenters. The second-order valence-corrected chi connectivity index (χ2v) is 4.61. The van der Waals surface area contributed by atoms with Crippen molar-refractivity contribution in [2.24, 2.45) is 7.05 Å². The number of hydrogen-bond acceptors (Lipinski definition) is 2. The molecule has 0 radical (unpaired) electrons. The van der Waals surface area contributed by atoms with Gasteiger partial charge < -0.3 is 5.11 Å². The number of hydrogen-bond donors (Lipinski definition) is 1. The van der Waals surface area contributed by atoms with Crippen molar-refractivity contribution < 1.29 is 5.11 Å². The first-order valence-corrected chi connectivity index (χ1v) is 5.86. The molecule has 0 aliphatic heterocycles. The fraction of sp³-hybridized carbons (Fsp3) is 0.308. The molecule has 0 spiro atoms. The predicted octanol–water partition coefficient (Wildman–Crippen LogP) is 2.66. The van der Waals surface area contributed by atoms with Gasteiger partial charge in [0.1, 0.15) is 6.10 Å². The highest BCUT2D eigenvalue weighted by atomic mass is 35.5. The molecule has 0 saturated carbocycles. The molecule has 4 heteroatoms. The maximum Gasteiger partial charge on any atom is 0.101 e. The van der Waals surface area contributed by atoms with Crippen molar-refractivity contribution in [3.05, 3.63) is 52.3 Å². The van der Waals surface area contributed by atoms with Crippen molar-refractivity contribution in [3.63, 3.8) is 0 Å². The van der Waals surface area contributed by atoms with Crippen molar-refractivity contribution in [3.8, 4) is 0 Å². The Labute approximate surface area is 106 Å². The van der Waals surface area contributed by atoms with Gasteiger partial charge in [-0.1, -0.05) is 41.4 Å². The van der Waals surface area contributed by atoms with Gasteiger partial charge in [-0.2, -0.15) is 5.10 Å². The lowest BCUT2D eigenvalue weighted by atomic mass is 10.0. The Kier molecular flexibility index (Phi) is 3.50. The van der Waals surface area contributed by atoms with Gasteiger partial charge in [0.15, 0.2) is 0 Å². The van der Waals surface area contributed by atoms with Crippen molar-refractivity contribution in [1.82, 2.24) is 9.78 Å². The van der Waals surface area contributed by atoms with E-state index in [9.17, 15) is 5.11 Å². The second kappa shape index (κ2) is 4.90. The summed E-state index contributed by atoms with van der Waals surface area (Å²) in [7, 11) is 1.78. The SMILES string of the molecule is Cc1ccc(CC(O)c2c(Cl)cnn2C)cc1. The molecule has 2 aromatic rings. The maximum absolute atomic E-state index is 10.1. The van der Waals surface area contributed by atoms with Gasteiger partial charge >= 0.3 is 0 Å². The molecule has 1 aromatic heterocycles. The summed E-state index contributed by atoms with van der Waals surface area (Å²) in [5, 5.41) is 14.7. The summed E-state index contributed by atoms with van der Waals surface area (Å²) >= 11 is 5.99. The van der Waals surface area contributed by atoms with Crippen LogP contribution in [0.5, 0.6) is 0 Å². The number of nitrogens with zero attached hydrogens (tertiary/aromatic N) is 2. The third-order valence-electron chi connectivity index (χ3n) is 2.80. The molecule has 0 aliphatic carbocycles. The quantitative estimate of drug-likeness (QED) is 0.910. The van der Waals surface area contributed by atoms with Crippen LogP contribution < -0.4 is 0 Å². The van der Waals surface area contributed by atoms with E-state index in [2.05, 4.69) is 5.10 Å². The zero-order valence-corrected chi connectivity index (χ0v) is 10.6. The molecule has 0 amide bonds. The number of aliphatic hydroxyl groups excluding tert-OH is 1. The van der Waals surface area contributed by atoms with Crippen LogP contribution in [-0.4, -0.2) is 14.9 Å². The van der Waals surface area contributed by atoms with Crippen molar-refractivity contribution >= 4 is 11.6 Å². The van der Waals surface area contributed by atoms with Gasteiger partial charge in [0.05, 0.1) is 16.9 Å². The van der Waals surface area contributed by atoms with E-state index in [0.717, 1.165) is 5.56 Å². The molecular formula is C13H15ClN2O. The van der Waals surface area contributed by atoms with E-state index >= 15 is 0 Å². The molecule has 90 valence electrons. The first-order valence-electron chi connectivity index (χ1n) is 5.49. The summed E-state index contributed by atoms with van der Waals surface area (Å²) < 4.78 is 1.61.